The molecule has 0 spiro atoms. The van der Waals surface area contributed by atoms with Crippen molar-refractivity contribution in [2.75, 3.05) is 26.9 Å². The normalized spacial score (nSPS) is 15.6. The maximum atomic E-state index is 13.4. The molecule has 148 valence electrons. The zero-order valence-electron chi connectivity index (χ0n) is 16.0. The number of hydrogen-bond acceptors (Lipinski definition) is 4. The number of rotatable bonds is 7. The summed E-state index contributed by atoms with van der Waals surface area (Å²) < 4.78 is 10.7. The molecule has 0 aliphatic carbocycles. The highest BCUT2D eigenvalue weighted by molar-refractivity contribution is 5.88. The first-order valence-corrected chi connectivity index (χ1v) is 9.34. The van der Waals surface area contributed by atoms with Crippen LogP contribution in [-0.2, 0) is 26.3 Å². The lowest BCUT2D eigenvalue weighted by Crippen LogP contribution is -2.48. The van der Waals surface area contributed by atoms with Gasteiger partial charge in [-0.1, -0.05) is 42.5 Å². The van der Waals surface area contributed by atoms with Gasteiger partial charge in [-0.15, -0.1) is 0 Å². The molecule has 1 N–H and O–H groups in total. The fourth-order valence-corrected chi connectivity index (χ4v) is 3.65. The number of carboxylic acids is 1. The molecule has 28 heavy (non-hydrogen) atoms. The van der Waals surface area contributed by atoms with E-state index < -0.39 is 11.4 Å². The lowest BCUT2D eigenvalue weighted by atomic mass is 9.73. The molecule has 1 fully saturated rings. The Kier molecular flexibility index (Phi) is 6.31. The van der Waals surface area contributed by atoms with Crippen LogP contribution in [0.5, 0.6) is 5.75 Å². The minimum absolute atomic E-state index is 0.0909. The van der Waals surface area contributed by atoms with Gasteiger partial charge in [-0.2, -0.15) is 0 Å². The maximum Gasteiger partial charge on any atom is 0.341 e. The fraction of sp³-hybridized carbons (Fsp3) is 0.364. The van der Waals surface area contributed by atoms with Crippen molar-refractivity contribution in [3.8, 4) is 5.75 Å². The smallest absolute Gasteiger partial charge is 0.341 e. The van der Waals surface area contributed by atoms with Crippen LogP contribution in [-0.4, -0.2) is 48.8 Å². The highest BCUT2D eigenvalue weighted by Crippen LogP contribution is 2.36. The average Bonchev–Trinajstić information content (AvgIpc) is 2.73. The van der Waals surface area contributed by atoms with E-state index in [-0.39, 0.29) is 12.5 Å². The number of benzene rings is 2. The Hall–Kier alpha value is -2.86. The van der Waals surface area contributed by atoms with E-state index in [1.165, 1.54) is 0 Å². The summed E-state index contributed by atoms with van der Waals surface area (Å²) >= 11 is 0. The summed E-state index contributed by atoms with van der Waals surface area (Å²) in [6, 6.07) is 17.1. The van der Waals surface area contributed by atoms with Crippen molar-refractivity contribution in [3.05, 3.63) is 65.7 Å². The summed E-state index contributed by atoms with van der Waals surface area (Å²) in [7, 11) is 1.82. The topological polar surface area (TPSA) is 76.1 Å². The number of likely N-dealkylation sites (N-methyl/N-ethyl adjacent to an activating group) is 1. The summed E-state index contributed by atoms with van der Waals surface area (Å²) in [6.45, 7) is 1.24. The van der Waals surface area contributed by atoms with Crippen molar-refractivity contribution in [1.82, 2.24) is 4.90 Å². The largest absolute Gasteiger partial charge is 0.482 e. The van der Waals surface area contributed by atoms with Gasteiger partial charge in [-0.05, 0) is 36.1 Å². The van der Waals surface area contributed by atoms with Crippen molar-refractivity contribution in [3.63, 3.8) is 0 Å². The number of carbonyl (C=O) groups is 2. The third-order valence-electron chi connectivity index (χ3n) is 5.13. The third kappa shape index (κ3) is 4.51. The van der Waals surface area contributed by atoms with E-state index in [0.717, 1.165) is 11.1 Å². The molecule has 1 heterocycles. The molecule has 6 nitrogen and oxygen atoms in total. The summed E-state index contributed by atoms with van der Waals surface area (Å²) in [4.78, 5) is 25.8. The van der Waals surface area contributed by atoms with Crippen molar-refractivity contribution < 1.29 is 24.2 Å². The molecular formula is C22H25NO5. The molecule has 1 aliphatic rings. The Morgan fingerprint density at radius 2 is 1.71 bits per heavy atom. The summed E-state index contributed by atoms with van der Waals surface area (Å²) in [5.41, 5.74) is 1.43. The second kappa shape index (κ2) is 8.89. The van der Waals surface area contributed by atoms with Crippen LogP contribution < -0.4 is 4.74 Å². The van der Waals surface area contributed by atoms with Crippen LogP contribution in [0.4, 0.5) is 0 Å². The summed E-state index contributed by atoms with van der Waals surface area (Å²) in [5.74, 6) is -0.435. The minimum atomic E-state index is -1.02. The van der Waals surface area contributed by atoms with Crippen molar-refractivity contribution in [1.29, 1.82) is 0 Å². The number of amides is 1. The van der Waals surface area contributed by atoms with E-state index in [1.807, 2.05) is 49.5 Å². The first kappa shape index (κ1) is 19.9. The number of carbonyl (C=O) groups excluding carboxylic acids is 1. The van der Waals surface area contributed by atoms with Gasteiger partial charge in [0.1, 0.15) is 5.75 Å². The molecular weight excluding hydrogens is 358 g/mol. The maximum absolute atomic E-state index is 13.4. The van der Waals surface area contributed by atoms with Crippen LogP contribution in [0.3, 0.4) is 0 Å². The lowest BCUT2D eigenvalue weighted by molar-refractivity contribution is -0.141. The molecule has 3 rings (SSSR count). The second-order valence-electron chi connectivity index (χ2n) is 7.05. The van der Waals surface area contributed by atoms with Crippen molar-refractivity contribution >= 4 is 11.9 Å². The molecule has 0 atom stereocenters. The quantitative estimate of drug-likeness (QED) is 0.796. The molecule has 1 aliphatic heterocycles. The molecule has 1 amide bonds. The number of hydrogen-bond donors (Lipinski definition) is 1. The molecule has 2 aromatic carbocycles. The fourth-order valence-electron chi connectivity index (χ4n) is 3.65. The second-order valence-corrected chi connectivity index (χ2v) is 7.05. The standard InChI is InChI=1S/C22H25NO5/c1-23(15-17-7-9-19(10-8-17)28-16-20(24)25)21(26)22(11-13-27-14-12-22)18-5-3-2-4-6-18/h2-10H,11-16H2,1H3,(H,24,25). The number of nitrogens with zero attached hydrogens (tertiary/aromatic N) is 1. The van der Waals surface area contributed by atoms with E-state index in [9.17, 15) is 9.59 Å². The highest BCUT2D eigenvalue weighted by atomic mass is 16.5. The molecule has 2 aromatic rings. The highest BCUT2D eigenvalue weighted by Gasteiger charge is 2.43. The first-order chi connectivity index (χ1) is 13.5. The lowest BCUT2D eigenvalue weighted by Gasteiger charge is -2.39. The van der Waals surface area contributed by atoms with Gasteiger partial charge in [0.15, 0.2) is 6.61 Å². The Balaban J connectivity index is 1.72. The molecule has 0 unspecified atom stereocenters. The SMILES string of the molecule is CN(Cc1ccc(OCC(=O)O)cc1)C(=O)C1(c2ccccc2)CCOCC1. The van der Waals surface area contributed by atoms with Gasteiger partial charge in [-0.3, -0.25) is 4.79 Å². The van der Waals surface area contributed by atoms with E-state index in [4.69, 9.17) is 14.6 Å². The van der Waals surface area contributed by atoms with Crippen LogP contribution in [0.15, 0.2) is 54.6 Å². The van der Waals surface area contributed by atoms with Gasteiger partial charge in [0.25, 0.3) is 0 Å². The van der Waals surface area contributed by atoms with Crippen LogP contribution in [0.1, 0.15) is 24.0 Å². The summed E-state index contributed by atoms with van der Waals surface area (Å²) in [5, 5.41) is 8.67. The monoisotopic (exact) mass is 383 g/mol. The Bertz CT molecular complexity index is 797. The van der Waals surface area contributed by atoms with Crippen molar-refractivity contribution in [2.45, 2.75) is 24.8 Å². The minimum Gasteiger partial charge on any atom is -0.482 e. The Morgan fingerprint density at radius 3 is 2.32 bits per heavy atom. The van der Waals surface area contributed by atoms with Crippen molar-refractivity contribution in [2.24, 2.45) is 0 Å². The van der Waals surface area contributed by atoms with Gasteiger partial charge in [0, 0.05) is 26.8 Å². The third-order valence-corrected chi connectivity index (χ3v) is 5.13. The average molecular weight is 383 g/mol. The van der Waals surface area contributed by atoms with E-state index >= 15 is 0 Å². The molecule has 1 saturated heterocycles. The molecule has 0 aromatic heterocycles. The zero-order valence-corrected chi connectivity index (χ0v) is 16.0. The molecule has 0 radical (unpaired) electrons. The predicted molar refractivity (Wildman–Crippen MR) is 104 cm³/mol. The van der Waals surface area contributed by atoms with Crippen LogP contribution >= 0.6 is 0 Å². The molecule has 0 bridgehead atoms. The van der Waals surface area contributed by atoms with Gasteiger partial charge >= 0.3 is 5.97 Å². The van der Waals surface area contributed by atoms with E-state index in [1.54, 1.807) is 17.0 Å². The zero-order chi connectivity index (χ0) is 20.0. The van der Waals surface area contributed by atoms with Gasteiger partial charge < -0.3 is 19.5 Å². The van der Waals surface area contributed by atoms with E-state index in [0.29, 0.717) is 38.3 Å². The van der Waals surface area contributed by atoms with Crippen LogP contribution in [0.2, 0.25) is 0 Å². The summed E-state index contributed by atoms with van der Waals surface area (Å²) in [6.07, 6.45) is 1.34. The Morgan fingerprint density at radius 1 is 1.07 bits per heavy atom. The van der Waals surface area contributed by atoms with Gasteiger partial charge in [0.2, 0.25) is 5.91 Å². The van der Waals surface area contributed by atoms with Crippen LogP contribution in [0, 0.1) is 0 Å². The number of carboxylic acid groups (broad SMARTS) is 1. The first-order valence-electron chi connectivity index (χ1n) is 9.34. The molecule has 0 saturated carbocycles. The van der Waals surface area contributed by atoms with Gasteiger partial charge in [-0.25, -0.2) is 4.79 Å². The van der Waals surface area contributed by atoms with Gasteiger partial charge in [0.05, 0.1) is 5.41 Å². The number of aliphatic carboxylic acids is 1. The predicted octanol–water partition coefficient (Wildman–Crippen LogP) is 2.86. The van der Waals surface area contributed by atoms with Crippen LogP contribution in [0.25, 0.3) is 0 Å². The molecule has 6 heteroatoms. The number of ether oxygens (including phenoxy) is 2. The Labute approximate surface area is 164 Å². The van der Waals surface area contributed by atoms with E-state index in [2.05, 4.69) is 0 Å².